The average molecular weight is 291 g/mol. The topological polar surface area (TPSA) is 21.1 Å². The van der Waals surface area contributed by atoms with Crippen LogP contribution in [0.3, 0.4) is 0 Å². The maximum absolute atomic E-state index is 13.5. The molecule has 0 bridgehead atoms. The highest BCUT2D eigenvalue weighted by Gasteiger charge is 2.25. The largest absolute Gasteiger partial charge is 0.374 e. The Balaban J connectivity index is 2.21. The van der Waals surface area contributed by atoms with E-state index in [4.69, 9.17) is 0 Å². The van der Waals surface area contributed by atoms with Crippen LogP contribution < -0.4 is 4.90 Å². The van der Waals surface area contributed by atoms with E-state index >= 15 is 0 Å². The second-order valence-electron chi connectivity index (χ2n) is 5.81. The molecule has 21 heavy (non-hydrogen) atoms. The molecule has 112 valence electrons. The van der Waals surface area contributed by atoms with Crippen molar-refractivity contribution in [2.45, 2.75) is 25.7 Å². The maximum atomic E-state index is 13.5. The van der Waals surface area contributed by atoms with Crippen LogP contribution >= 0.6 is 0 Å². The van der Waals surface area contributed by atoms with Crippen LogP contribution in [0.4, 0.5) is 14.5 Å². The van der Waals surface area contributed by atoms with Crippen LogP contribution in [-0.2, 0) is 7.05 Å². The third-order valence-electron chi connectivity index (χ3n) is 4.29. The third-order valence-corrected chi connectivity index (χ3v) is 4.29. The van der Waals surface area contributed by atoms with E-state index in [2.05, 4.69) is 16.9 Å². The van der Waals surface area contributed by atoms with Crippen LogP contribution in [0.1, 0.15) is 36.8 Å². The van der Waals surface area contributed by atoms with E-state index in [0.29, 0.717) is 11.5 Å². The number of fused-ring (bicyclic) bond motifs is 1. The molecule has 0 radical (unpaired) electrons. The third kappa shape index (κ3) is 2.41. The molecule has 0 saturated heterocycles. The molecule has 3 rings (SSSR count). The lowest BCUT2D eigenvalue weighted by Gasteiger charge is -2.32. The summed E-state index contributed by atoms with van der Waals surface area (Å²) in [5.74, 6) is 0.387. The second-order valence-corrected chi connectivity index (χ2v) is 5.81. The summed E-state index contributed by atoms with van der Waals surface area (Å²) in [5.41, 5.74) is 3.50. The van der Waals surface area contributed by atoms with E-state index in [9.17, 15) is 8.78 Å². The molecule has 0 unspecified atom stereocenters. The van der Waals surface area contributed by atoms with Crippen molar-refractivity contribution < 1.29 is 8.78 Å². The number of anilines is 1. The van der Waals surface area contributed by atoms with E-state index in [-0.39, 0.29) is 5.56 Å². The van der Waals surface area contributed by atoms with Gasteiger partial charge in [-0.25, -0.2) is 8.78 Å². The van der Waals surface area contributed by atoms with Crippen LogP contribution in [-0.4, -0.2) is 23.4 Å². The number of benzene rings is 1. The van der Waals surface area contributed by atoms with Gasteiger partial charge in [-0.05, 0) is 35.6 Å². The van der Waals surface area contributed by atoms with Gasteiger partial charge in [0.05, 0.1) is 6.20 Å². The minimum absolute atomic E-state index is 0.0858. The van der Waals surface area contributed by atoms with E-state index in [1.165, 1.54) is 0 Å². The number of aryl methyl sites for hydroxylation is 1. The summed E-state index contributed by atoms with van der Waals surface area (Å²) >= 11 is 0. The minimum Gasteiger partial charge on any atom is -0.374 e. The number of hydrogen-bond acceptors (Lipinski definition) is 2. The molecule has 0 spiro atoms. The number of rotatable bonds is 2. The highest BCUT2D eigenvalue weighted by molar-refractivity contribution is 5.73. The van der Waals surface area contributed by atoms with Crippen molar-refractivity contribution in [2.24, 2.45) is 7.05 Å². The van der Waals surface area contributed by atoms with E-state index in [1.807, 2.05) is 13.1 Å². The smallest absolute Gasteiger partial charge is 0.264 e. The molecule has 5 heteroatoms. The molecule has 0 fully saturated rings. The Bertz CT molecular complexity index is 664. The van der Waals surface area contributed by atoms with Crippen molar-refractivity contribution in [3.8, 4) is 11.1 Å². The van der Waals surface area contributed by atoms with Gasteiger partial charge in [0.2, 0.25) is 0 Å². The molecule has 0 amide bonds. The van der Waals surface area contributed by atoms with E-state index in [1.54, 1.807) is 30.2 Å². The van der Waals surface area contributed by atoms with Gasteiger partial charge in [0.25, 0.3) is 6.43 Å². The number of alkyl halides is 2. The van der Waals surface area contributed by atoms with Crippen LogP contribution in [0, 0.1) is 0 Å². The molecule has 0 aliphatic carbocycles. The van der Waals surface area contributed by atoms with Gasteiger partial charge in [-0.15, -0.1) is 0 Å². The van der Waals surface area contributed by atoms with E-state index in [0.717, 1.165) is 29.8 Å². The fourth-order valence-corrected chi connectivity index (χ4v) is 3.00. The van der Waals surface area contributed by atoms with Gasteiger partial charge in [-0.2, -0.15) is 5.10 Å². The zero-order valence-corrected chi connectivity index (χ0v) is 12.5. The monoisotopic (exact) mass is 291 g/mol. The van der Waals surface area contributed by atoms with Gasteiger partial charge in [0.1, 0.15) is 0 Å². The average Bonchev–Trinajstić information content (AvgIpc) is 2.88. The van der Waals surface area contributed by atoms with Crippen molar-refractivity contribution in [2.75, 3.05) is 18.5 Å². The van der Waals surface area contributed by atoms with Crippen LogP contribution in [0.5, 0.6) is 0 Å². The first-order valence-corrected chi connectivity index (χ1v) is 7.13. The van der Waals surface area contributed by atoms with Gasteiger partial charge < -0.3 is 4.90 Å². The lowest BCUT2D eigenvalue weighted by atomic mass is 9.87. The second kappa shape index (κ2) is 5.13. The Morgan fingerprint density at radius 2 is 2.05 bits per heavy atom. The molecular weight excluding hydrogens is 272 g/mol. The Morgan fingerprint density at radius 1 is 1.29 bits per heavy atom. The summed E-state index contributed by atoms with van der Waals surface area (Å²) in [5, 5.41) is 4.10. The zero-order chi connectivity index (χ0) is 15.1. The molecule has 0 N–H and O–H groups in total. The summed E-state index contributed by atoms with van der Waals surface area (Å²) in [4.78, 5) is 2.06. The molecule has 1 atom stereocenters. The summed E-state index contributed by atoms with van der Waals surface area (Å²) in [6, 6.07) is 3.58. The van der Waals surface area contributed by atoms with Gasteiger partial charge in [0, 0.05) is 43.7 Å². The van der Waals surface area contributed by atoms with Crippen molar-refractivity contribution in [1.82, 2.24) is 9.78 Å². The summed E-state index contributed by atoms with van der Waals surface area (Å²) in [7, 11) is 3.75. The normalized spacial score (nSPS) is 18.2. The summed E-state index contributed by atoms with van der Waals surface area (Å²) in [6.07, 6.45) is 1.98. The highest BCUT2D eigenvalue weighted by Crippen LogP contribution is 2.41. The van der Waals surface area contributed by atoms with Crippen LogP contribution in [0.15, 0.2) is 24.5 Å². The molecule has 2 heterocycles. The molecule has 2 aromatic rings. The van der Waals surface area contributed by atoms with E-state index < -0.39 is 6.43 Å². The van der Waals surface area contributed by atoms with Gasteiger partial charge in [0.15, 0.2) is 0 Å². The highest BCUT2D eigenvalue weighted by atomic mass is 19.3. The Morgan fingerprint density at radius 3 is 2.67 bits per heavy atom. The van der Waals surface area contributed by atoms with Crippen molar-refractivity contribution in [1.29, 1.82) is 0 Å². The summed E-state index contributed by atoms with van der Waals surface area (Å²) in [6.45, 7) is 3.06. The Hall–Kier alpha value is -1.91. The molecule has 0 saturated carbocycles. The molecule has 1 aliphatic heterocycles. The maximum Gasteiger partial charge on any atom is 0.264 e. The quantitative estimate of drug-likeness (QED) is 0.835. The first kappa shape index (κ1) is 14.0. The first-order valence-electron chi connectivity index (χ1n) is 7.13. The van der Waals surface area contributed by atoms with Crippen molar-refractivity contribution in [3.05, 3.63) is 35.7 Å². The van der Waals surface area contributed by atoms with Gasteiger partial charge >= 0.3 is 0 Å². The Labute approximate surface area is 123 Å². The van der Waals surface area contributed by atoms with Crippen LogP contribution in [0.2, 0.25) is 0 Å². The summed E-state index contributed by atoms with van der Waals surface area (Å²) < 4.78 is 28.6. The first-order chi connectivity index (χ1) is 9.97. The molecule has 1 aliphatic rings. The predicted molar refractivity (Wildman–Crippen MR) is 79.9 cm³/mol. The number of aromatic nitrogens is 2. The fraction of sp³-hybridized carbons (Fsp3) is 0.438. The molecule has 1 aromatic carbocycles. The lowest BCUT2D eigenvalue weighted by molar-refractivity contribution is 0.152. The van der Waals surface area contributed by atoms with Gasteiger partial charge in [-0.1, -0.05) is 6.92 Å². The Kier molecular flexibility index (Phi) is 3.43. The van der Waals surface area contributed by atoms with Crippen LogP contribution in [0.25, 0.3) is 11.1 Å². The van der Waals surface area contributed by atoms with Gasteiger partial charge in [-0.3, -0.25) is 4.68 Å². The van der Waals surface area contributed by atoms with Crippen molar-refractivity contribution >= 4 is 5.69 Å². The molecule has 3 nitrogen and oxygen atoms in total. The number of nitrogens with zero attached hydrogens (tertiary/aromatic N) is 3. The predicted octanol–water partition coefficient (Wildman–Crippen LogP) is 3.97. The zero-order valence-electron chi connectivity index (χ0n) is 12.5. The lowest BCUT2D eigenvalue weighted by Crippen LogP contribution is -2.26. The van der Waals surface area contributed by atoms with Crippen molar-refractivity contribution in [3.63, 3.8) is 0 Å². The fourth-order valence-electron chi connectivity index (χ4n) is 3.00. The standard InChI is InChI=1S/C16H19F2N3/c1-10-4-5-20(2)15-7-14(16(17)18)13(6-12(10)15)11-8-19-21(3)9-11/h6-10,16H,4-5H2,1-3H3/t10-/m0/s1. The SMILES string of the molecule is C[C@H]1CCN(C)c2cc(C(F)F)c(-c3cnn(C)c3)cc21. The minimum atomic E-state index is -2.49. The molecule has 1 aromatic heterocycles. The molecular formula is C16H19F2N3. The number of hydrogen-bond donors (Lipinski definition) is 0. The number of halogens is 2.